The Morgan fingerprint density at radius 2 is 1.96 bits per heavy atom. The van der Waals surface area contributed by atoms with Gasteiger partial charge in [-0.05, 0) is 25.0 Å². The van der Waals surface area contributed by atoms with Gasteiger partial charge in [-0.15, -0.1) is 11.3 Å². The molecule has 1 amide bonds. The molecule has 0 atom stereocenters. The summed E-state index contributed by atoms with van der Waals surface area (Å²) in [5.41, 5.74) is 0.331. The number of hydrogen-bond donors (Lipinski definition) is 1. The molecule has 8 heteroatoms. The third-order valence-electron chi connectivity index (χ3n) is 3.86. The number of nitrogens with one attached hydrogen (secondary N) is 1. The largest absolute Gasteiger partial charge is 0.352 e. The number of thiazole rings is 1. The van der Waals surface area contributed by atoms with Crippen LogP contribution in [0.2, 0.25) is 0 Å². The molecule has 2 aromatic rings. The van der Waals surface area contributed by atoms with Crippen molar-refractivity contribution < 1.29 is 18.0 Å². The summed E-state index contributed by atoms with van der Waals surface area (Å²) in [5.74, 6) is -5.21. The van der Waals surface area contributed by atoms with Crippen molar-refractivity contribution in [3.63, 3.8) is 0 Å². The second-order valence-corrected chi connectivity index (χ2v) is 6.38. The van der Waals surface area contributed by atoms with Gasteiger partial charge < -0.3 is 10.2 Å². The van der Waals surface area contributed by atoms with Gasteiger partial charge in [0.15, 0.2) is 22.6 Å². The lowest BCUT2D eigenvalue weighted by molar-refractivity contribution is 0.0948. The number of amides is 1. The number of aromatic nitrogens is 1. The van der Waals surface area contributed by atoms with E-state index in [0.717, 1.165) is 36.0 Å². The molecule has 0 bridgehead atoms. The van der Waals surface area contributed by atoms with E-state index in [0.29, 0.717) is 6.42 Å². The fourth-order valence-electron chi connectivity index (χ4n) is 2.57. The van der Waals surface area contributed by atoms with Gasteiger partial charge in [0.25, 0.3) is 5.91 Å². The van der Waals surface area contributed by atoms with Crippen molar-refractivity contribution in [1.29, 1.82) is 0 Å². The minimum Gasteiger partial charge on any atom is -0.352 e. The van der Waals surface area contributed by atoms with Crippen LogP contribution in [0.3, 0.4) is 0 Å². The Balaban J connectivity index is 1.55. The number of carbonyl (C=O) groups is 1. The van der Waals surface area contributed by atoms with Gasteiger partial charge in [0, 0.05) is 31.4 Å². The Labute approximate surface area is 141 Å². The van der Waals surface area contributed by atoms with E-state index in [1.54, 1.807) is 11.3 Å². The maximum Gasteiger partial charge on any atom is 0.254 e. The van der Waals surface area contributed by atoms with E-state index in [-0.39, 0.29) is 6.54 Å². The van der Waals surface area contributed by atoms with Crippen LogP contribution in [0.15, 0.2) is 17.5 Å². The highest BCUT2D eigenvalue weighted by Gasteiger charge is 2.19. The summed E-state index contributed by atoms with van der Waals surface area (Å²) in [6.45, 7) is 2.26. The number of rotatable bonds is 5. The van der Waals surface area contributed by atoms with Crippen molar-refractivity contribution in [3.8, 4) is 0 Å². The Morgan fingerprint density at radius 3 is 2.71 bits per heavy atom. The summed E-state index contributed by atoms with van der Waals surface area (Å²) in [6.07, 6.45) is 2.83. The third-order valence-corrected chi connectivity index (χ3v) is 4.81. The topological polar surface area (TPSA) is 45.2 Å². The number of halogens is 3. The first-order valence-electron chi connectivity index (χ1n) is 7.67. The Morgan fingerprint density at radius 1 is 1.21 bits per heavy atom. The molecule has 2 heterocycles. The average Bonchev–Trinajstić information content (AvgIpc) is 3.23. The van der Waals surface area contributed by atoms with Gasteiger partial charge in [-0.3, -0.25) is 4.79 Å². The summed E-state index contributed by atoms with van der Waals surface area (Å²) < 4.78 is 39.6. The first-order chi connectivity index (χ1) is 11.6. The van der Waals surface area contributed by atoms with Gasteiger partial charge in [0.05, 0.1) is 11.3 Å². The van der Waals surface area contributed by atoms with Gasteiger partial charge in [-0.2, -0.15) is 0 Å². The lowest BCUT2D eigenvalue weighted by atomic mass is 10.2. The molecule has 0 unspecified atom stereocenters. The Kier molecular flexibility index (Phi) is 5.03. The van der Waals surface area contributed by atoms with Crippen LogP contribution < -0.4 is 10.2 Å². The minimum atomic E-state index is -1.64. The summed E-state index contributed by atoms with van der Waals surface area (Å²) in [6, 6.07) is 1.66. The summed E-state index contributed by atoms with van der Waals surface area (Å²) in [7, 11) is 0. The minimum absolute atomic E-state index is 0.237. The Bertz CT molecular complexity index is 744. The molecule has 0 radical (unpaired) electrons. The second-order valence-electron chi connectivity index (χ2n) is 5.54. The molecule has 1 N–H and O–H groups in total. The molecule has 1 aliphatic rings. The average molecular weight is 355 g/mol. The highest BCUT2D eigenvalue weighted by Crippen LogP contribution is 2.24. The van der Waals surface area contributed by atoms with E-state index in [2.05, 4.69) is 15.2 Å². The maximum atomic E-state index is 13.5. The van der Waals surface area contributed by atoms with E-state index in [1.165, 1.54) is 12.8 Å². The first kappa shape index (κ1) is 16.8. The van der Waals surface area contributed by atoms with E-state index >= 15 is 0 Å². The summed E-state index contributed by atoms with van der Waals surface area (Å²) >= 11 is 1.56. The van der Waals surface area contributed by atoms with E-state index in [1.807, 2.05) is 5.38 Å². The molecule has 1 saturated heterocycles. The molecule has 0 spiro atoms. The predicted molar refractivity (Wildman–Crippen MR) is 85.9 cm³/mol. The van der Waals surface area contributed by atoms with Crippen molar-refractivity contribution >= 4 is 22.4 Å². The van der Waals surface area contributed by atoms with Crippen molar-refractivity contribution in [3.05, 3.63) is 46.2 Å². The molecule has 1 aromatic heterocycles. The number of hydrogen-bond acceptors (Lipinski definition) is 4. The molecule has 1 aliphatic heterocycles. The van der Waals surface area contributed by atoms with E-state index < -0.39 is 28.9 Å². The fourth-order valence-corrected chi connectivity index (χ4v) is 3.48. The van der Waals surface area contributed by atoms with Crippen LogP contribution in [0.4, 0.5) is 18.3 Å². The quantitative estimate of drug-likeness (QED) is 0.838. The SMILES string of the molecule is O=C(NCCc1csc(N2CCCC2)n1)c1ccc(F)c(F)c1F. The lowest BCUT2D eigenvalue weighted by Gasteiger charge is -2.12. The molecular weight excluding hydrogens is 339 g/mol. The van der Waals surface area contributed by atoms with Gasteiger partial charge in [0.1, 0.15) is 0 Å². The molecule has 1 aromatic carbocycles. The summed E-state index contributed by atoms with van der Waals surface area (Å²) in [5, 5.41) is 5.40. The number of nitrogens with zero attached hydrogens (tertiary/aromatic N) is 2. The molecule has 24 heavy (non-hydrogen) atoms. The Hall–Kier alpha value is -2.09. The smallest absolute Gasteiger partial charge is 0.254 e. The lowest BCUT2D eigenvalue weighted by Crippen LogP contribution is -2.27. The maximum absolute atomic E-state index is 13.5. The van der Waals surface area contributed by atoms with E-state index in [9.17, 15) is 18.0 Å². The van der Waals surface area contributed by atoms with Crippen molar-refractivity contribution in [2.75, 3.05) is 24.5 Å². The van der Waals surface area contributed by atoms with Crippen LogP contribution in [-0.4, -0.2) is 30.5 Å². The molecule has 128 valence electrons. The van der Waals surface area contributed by atoms with Gasteiger partial charge >= 0.3 is 0 Å². The standard InChI is InChI=1S/C16H16F3N3OS/c17-12-4-3-11(13(18)14(12)19)15(23)20-6-5-10-9-24-16(21-10)22-7-1-2-8-22/h3-4,9H,1-2,5-8H2,(H,20,23). The molecule has 0 aliphatic carbocycles. The van der Waals surface area contributed by atoms with Gasteiger partial charge in [0.2, 0.25) is 0 Å². The normalized spacial score (nSPS) is 14.2. The van der Waals surface area contributed by atoms with Crippen LogP contribution in [-0.2, 0) is 6.42 Å². The molecule has 4 nitrogen and oxygen atoms in total. The van der Waals surface area contributed by atoms with Crippen LogP contribution in [0.5, 0.6) is 0 Å². The molecule has 1 fully saturated rings. The zero-order chi connectivity index (χ0) is 17.1. The van der Waals surface area contributed by atoms with E-state index in [4.69, 9.17) is 0 Å². The third kappa shape index (κ3) is 3.53. The molecular formula is C16H16F3N3OS. The number of carbonyl (C=O) groups excluding carboxylic acids is 1. The molecule has 0 saturated carbocycles. The summed E-state index contributed by atoms with van der Waals surface area (Å²) in [4.78, 5) is 18.6. The van der Waals surface area contributed by atoms with Crippen molar-refractivity contribution in [2.45, 2.75) is 19.3 Å². The predicted octanol–water partition coefficient (Wildman–Crippen LogP) is 3.13. The highest BCUT2D eigenvalue weighted by atomic mass is 32.1. The van der Waals surface area contributed by atoms with Gasteiger partial charge in [-0.25, -0.2) is 18.2 Å². The van der Waals surface area contributed by atoms with Crippen molar-refractivity contribution in [1.82, 2.24) is 10.3 Å². The fraction of sp³-hybridized carbons (Fsp3) is 0.375. The zero-order valence-corrected chi connectivity index (χ0v) is 13.6. The van der Waals surface area contributed by atoms with Crippen LogP contribution in [0, 0.1) is 17.5 Å². The van der Waals surface area contributed by atoms with Crippen LogP contribution in [0.1, 0.15) is 28.9 Å². The molecule has 3 rings (SSSR count). The number of benzene rings is 1. The van der Waals surface area contributed by atoms with Crippen molar-refractivity contribution in [2.24, 2.45) is 0 Å². The second kappa shape index (κ2) is 7.21. The monoisotopic (exact) mass is 355 g/mol. The van der Waals surface area contributed by atoms with Crippen LogP contribution in [0.25, 0.3) is 0 Å². The number of anilines is 1. The van der Waals surface area contributed by atoms with Gasteiger partial charge in [-0.1, -0.05) is 0 Å². The first-order valence-corrected chi connectivity index (χ1v) is 8.55. The zero-order valence-electron chi connectivity index (χ0n) is 12.8. The van der Waals surface area contributed by atoms with Crippen LogP contribution >= 0.6 is 11.3 Å². The highest BCUT2D eigenvalue weighted by molar-refractivity contribution is 7.13.